The molecule has 0 bridgehead atoms. The number of carboxylic acids is 1. The van der Waals surface area contributed by atoms with Gasteiger partial charge >= 0.3 is 16.2 Å². The van der Waals surface area contributed by atoms with E-state index in [2.05, 4.69) is 20.7 Å². The van der Waals surface area contributed by atoms with Crippen molar-refractivity contribution in [2.45, 2.75) is 32.2 Å². The lowest BCUT2D eigenvalue weighted by Gasteiger charge is -2.32. The van der Waals surface area contributed by atoms with Crippen molar-refractivity contribution in [2.24, 2.45) is 0 Å². The normalized spacial score (nSPS) is 20.2. The Morgan fingerprint density at radius 3 is 2.76 bits per heavy atom. The van der Waals surface area contributed by atoms with Gasteiger partial charge in [-0.15, -0.1) is 0 Å². The smallest absolute Gasteiger partial charge is 0.337 e. The van der Waals surface area contributed by atoms with Crippen LogP contribution in [0.3, 0.4) is 0 Å². The third-order valence-electron chi connectivity index (χ3n) is 3.50. The summed E-state index contributed by atoms with van der Waals surface area (Å²) < 4.78 is 29.3. The minimum atomic E-state index is -3.76. The van der Waals surface area contributed by atoms with E-state index in [0.717, 1.165) is 19.3 Å². The molecule has 1 atom stereocenters. The number of carbonyl (C=O) groups is 1. The standard InChI is InChI=1S/C13H17BrN2O4S/c1-9-4-2-3-7-16(9)21(19,20)15-12-8-10(14)5-6-11(12)13(17)18/h5-6,8-9,15H,2-4,7H2,1H3,(H,17,18). The number of hydrogen-bond donors (Lipinski definition) is 2. The van der Waals surface area contributed by atoms with Crippen LogP contribution in [-0.2, 0) is 10.2 Å². The van der Waals surface area contributed by atoms with E-state index in [0.29, 0.717) is 11.0 Å². The molecule has 0 aromatic heterocycles. The number of piperidine rings is 1. The van der Waals surface area contributed by atoms with E-state index in [9.17, 15) is 13.2 Å². The molecular formula is C13H17BrN2O4S. The van der Waals surface area contributed by atoms with Crippen molar-refractivity contribution in [1.29, 1.82) is 0 Å². The van der Waals surface area contributed by atoms with Crippen LogP contribution in [0.1, 0.15) is 36.5 Å². The first-order valence-electron chi connectivity index (χ1n) is 6.63. The first-order chi connectivity index (χ1) is 9.81. The van der Waals surface area contributed by atoms with Crippen LogP contribution in [0.2, 0.25) is 0 Å². The summed E-state index contributed by atoms with van der Waals surface area (Å²) in [6.45, 7) is 2.31. The van der Waals surface area contributed by atoms with Gasteiger partial charge in [0.1, 0.15) is 0 Å². The first kappa shape index (κ1) is 16.3. The summed E-state index contributed by atoms with van der Waals surface area (Å²) in [5, 5.41) is 9.15. The molecule has 21 heavy (non-hydrogen) atoms. The lowest BCUT2D eigenvalue weighted by molar-refractivity contribution is 0.0698. The molecule has 6 nitrogen and oxygen atoms in total. The Hall–Kier alpha value is -1.12. The van der Waals surface area contributed by atoms with Gasteiger partial charge in [-0.2, -0.15) is 12.7 Å². The van der Waals surface area contributed by atoms with Gasteiger partial charge in [-0.1, -0.05) is 22.4 Å². The summed E-state index contributed by atoms with van der Waals surface area (Å²) in [6, 6.07) is 4.29. The zero-order chi connectivity index (χ0) is 15.6. The molecule has 2 N–H and O–H groups in total. The largest absolute Gasteiger partial charge is 0.478 e. The summed E-state index contributed by atoms with van der Waals surface area (Å²) >= 11 is 3.22. The van der Waals surface area contributed by atoms with Crippen LogP contribution >= 0.6 is 15.9 Å². The number of carboxylic acid groups (broad SMARTS) is 1. The van der Waals surface area contributed by atoms with Crippen molar-refractivity contribution in [1.82, 2.24) is 4.31 Å². The Balaban J connectivity index is 2.32. The molecule has 1 aliphatic rings. The number of halogens is 1. The van der Waals surface area contributed by atoms with Crippen LogP contribution in [0.5, 0.6) is 0 Å². The van der Waals surface area contributed by atoms with Crippen molar-refractivity contribution in [3.8, 4) is 0 Å². The van der Waals surface area contributed by atoms with Crippen molar-refractivity contribution in [2.75, 3.05) is 11.3 Å². The fourth-order valence-corrected chi connectivity index (χ4v) is 4.29. The first-order valence-corrected chi connectivity index (χ1v) is 8.87. The molecule has 8 heteroatoms. The molecule has 1 aromatic carbocycles. The predicted molar refractivity (Wildman–Crippen MR) is 83.7 cm³/mol. The maximum Gasteiger partial charge on any atom is 0.337 e. The van der Waals surface area contributed by atoms with Crippen LogP contribution in [0, 0.1) is 0 Å². The summed E-state index contributed by atoms with van der Waals surface area (Å²) in [6.07, 6.45) is 2.63. The lowest BCUT2D eigenvalue weighted by atomic mass is 10.1. The molecule has 1 aromatic rings. The van der Waals surface area contributed by atoms with Gasteiger partial charge in [0.15, 0.2) is 0 Å². The Kier molecular flexibility index (Phi) is 4.90. The quantitative estimate of drug-likeness (QED) is 0.845. The molecule has 0 aliphatic carbocycles. The second-order valence-electron chi connectivity index (χ2n) is 5.06. The Morgan fingerprint density at radius 1 is 1.43 bits per heavy atom. The van der Waals surface area contributed by atoms with E-state index in [1.165, 1.54) is 16.4 Å². The highest BCUT2D eigenvalue weighted by Gasteiger charge is 2.30. The molecule has 0 spiro atoms. The minimum Gasteiger partial charge on any atom is -0.478 e. The maximum absolute atomic E-state index is 12.5. The fraction of sp³-hybridized carbons (Fsp3) is 0.462. The number of aromatic carboxylic acids is 1. The molecule has 116 valence electrons. The number of anilines is 1. The van der Waals surface area contributed by atoms with Gasteiger partial charge in [0.05, 0.1) is 11.3 Å². The Labute approximate surface area is 132 Å². The minimum absolute atomic E-state index is 0.0645. The Bertz CT molecular complexity index is 648. The highest BCUT2D eigenvalue weighted by Crippen LogP contribution is 2.26. The van der Waals surface area contributed by atoms with E-state index in [1.54, 1.807) is 6.07 Å². The molecular weight excluding hydrogens is 360 g/mol. The van der Waals surface area contributed by atoms with Crippen LogP contribution in [-0.4, -0.2) is 36.4 Å². The van der Waals surface area contributed by atoms with Gasteiger partial charge in [0.25, 0.3) is 0 Å². The highest BCUT2D eigenvalue weighted by molar-refractivity contribution is 9.10. The van der Waals surface area contributed by atoms with Crippen LogP contribution in [0.15, 0.2) is 22.7 Å². The van der Waals surface area contributed by atoms with Gasteiger partial charge in [0.2, 0.25) is 0 Å². The average molecular weight is 377 g/mol. The second-order valence-corrected chi connectivity index (χ2v) is 7.60. The van der Waals surface area contributed by atoms with E-state index in [1.807, 2.05) is 6.92 Å². The molecule has 0 amide bonds. The van der Waals surface area contributed by atoms with Crippen molar-refractivity contribution < 1.29 is 18.3 Å². The van der Waals surface area contributed by atoms with Crippen LogP contribution in [0.25, 0.3) is 0 Å². The maximum atomic E-state index is 12.5. The fourth-order valence-electron chi connectivity index (χ4n) is 2.41. The molecule has 2 rings (SSSR count). The average Bonchev–Trinajstić information content (AvgIpc) is 2.38. The highest BCUT2D eigenvalue weighted by atomic mass is 79.9. The number of benzene rings is 1. The molecule has 0 radical (unpaired) electrons. The summed E-state index contributed by atoms with van der Waals surface area (Å²) in [5.41, 5.74) is -0.0129. The Morgan fingerprint density at radius 2 is 2.14 bits per heavy atom. The van der Waals surface area contributed by atoms with Crippen molar-refractivity contribution in [3.63, 3.8) is 0 Å². The van der Waals surface area contributed by atoms with Gasteiger partial charge in [-0.3, -0.25) is 4.72 Å². The van der Waals surface area contributed by atoms with E-state index >= 15 is 0 Å². The summed E-state index contributed by atoms with van der Waals surface area (Å²) in [4.78, 5) is 11.2. The SMILES string of the molecule is CC1CCCCN1S(=O)(=O)Nc1cc(Br)ccc1C(=O)O. The third kappa shape index (κ3) is 3.75. The predicted octanol–water partition coefficient (Wildman–Crippen LogP) is 2.68. The van der Waals surface area contributed by atoms with Gasteiger partial charge in [-0.05, 0) is 38.0 Å². The van der Waals surface area contributed by atoms with E-state index < -0.39 is 16.2 Å². The van der Waals surface area contributed by atoms with E-state index in [-0.39, 0.29) is 17.3 Å². The second kappa shape index (κ2) is 6.33. The molecule has 1 unspecified atom stereocenters. The van der Waals surface area contributed by atoms with Gasteiger partial charge in [-0.25, -0.2) is 4.79 Å². The third-order valence-corrected chi connectivity index (χ3v) is 5.63. The zero-order valence-corrected chi connectivity index (χ0v) is 13.9. The van der Waals surface area contributed by atoms with Crippen LogP contribution in [0.4, 0.5) is 5.69 Å². The number of rotatable bonds is 4. The topological polar surface area (TPSA) is 86.7 Å². The van der Waals surface area contributed by atoms with Crippen LogP contribution < -0.4 is 4.72 Å². The van der Waals surface area contributed by atoms with Gasteiger partial charge < -0.3 is 5.11 Å². The van der Waals surface area contributed by atoms with Crippen molar-refractivity contribution in [3.05, 3.63) is 28.2 Å². The van der Waals surface area contributed by atoms with Gasteiger partial charge in [0, 0.05) is 17.1 Å². The molecule has 1 heterocycles. The molecule has 1 fully saturated rings. The summed E-state index contributed by atoms with van der Waals surface area (Å²) in [5.74, 6) is -1.17. The summed E-state index contributed by atoms with van der Waals surface area (Å²) in [7, 11) is -3.76. The number of nitrogens with one attached hydrogen (secondary N) is 1. The number of hydrogen-bond acceptors (Lipinski definition) is 3. The molecule has 1 saturated heterocycles. The molecule has 1 aliphatic heterocycles. The zero-order valence-electron chi connectivity index (χ0n) is 11.5. The lowest BCUT2D eigenvalue weighted by Crippen LogP contribution is -2.45. The monoisotopic (exact) mass is 376 g/mol. The molecule has 0 saturated carbocycles. The van der Waals surface area contributed by atoms with Crippen molar-refractivity contribution >= 4 is 37.8 Å². The number of nitrogens with zero attached hydrogens (tertiary/aromatic N) is 1. The van der Waals surface area contributed by atoms with E-state index in [4.69, 9.17) is 5.11 Å².